The Kier molecular flexibility index (Phi) is 4.91. The first-order valence-corrected chi connectivity index (χ1v) is 9.49. The van der Waals surface area contributed by atoms with Gasteiger partial charge in [-0.2, -0.15) is 10.4 Å². The van der Waals surface area contributed by atoms with E-state index in [1.807, 2.05) is 62.4 Å². The molecule has 1 aromatic heterocycles. The van der Waals surface area contributed by atoms with Gasteiger partial charge in [0.1, 0.15) is 11.3 Å². The lowest BCUT2D eigenvalue weighted by atomic mass is 10.0. The minimum atomic E-state index is -1.07. The van der Waals surface area contributed by atoms with Gasteiger partial charge in [0, 0.05) is 11.1 Å². The van der Waals surface area contributed by atoms with Gasteiger partial charge in [-0.3, -0.25) is 0 Å². The highest BCUT2D eigenvalue weighted by atomic mass is 16.4. The number of aryl methyl sites for hydroxylation is 2. The molecule has 1 heterocycles. The van der Waals surface area contributed by atoms with E-state index in [0.717, 1.165) is 22.4 Å². The average molecular weight is 393 g/mol. The molecule has 0 atom stereocenters. The molecule has 4 aromatic rings. The third kappa shape index (κ3) is 3.36. The minimum Gasteiger partial charge on any atom is -0.478 e. The molecule has 5 heteroatoms. The maximum Gasteiger partial charge on any atom is 0.340 e. The van der Waals surface area contributed by atoms with Gasteiger partial charge in [0.25, 0.3) is 0 Å². The fourth-order valence-corrected chi connectivity index (χ4v) is 3.47. The molecule has 4 rings (SSSR count). The van der Waals surface area contributed by atoms with Crippen molar-refractivity contribution in [3.8, 4) is 34.3 Å². The third-order valence-electron chi connectivity index (χ3n) is 5.15. The molecule has 0 aliphatic heterocycles. The lowest BCUT2D eigenvalue weighted by Crippen LogP contribution is -2.03. The first-order chi connectivity index (χ1) is 14.5. The Bertz CT molecular complexity index is 1300. The second kappa shape index (κ2) is 7.69. The van der Waals surface area contributed by atoms with Gasteiger partial charge in [0.2, 0.25) is 0 Å². The lowest BCUT2D eigenvalue weighted by molar-refractivity contribution is 0.0698. The standard InChI is InChI=1S/C25H19N3O2/c1-16-11-12-21(13-17(16)2)28-24(19-8-4-3-5-9-19)22(25(29)30)23(27-28)20-10-6-7-18(14-20)15-26/h3-14H,1-2H3,(H,29,30). The number of hydrogen-bond donors (Lipinski definition) is 1. The summed E-state index contributed by atoms with van der Waals surface area (Å²) in [6, 6.07) is 24.2. The summed E-state index contributed by atoms with van der Waals surface area (Å²) >= 11 is 0. The summed E-state index contributed by atoms with van der Waals surface area (Å²) in [6.45, 7) is 4.04. The molecule has 0 saturated carbocycles. The molecular weight excluding hydrogens is 374 g/mol. The molecule has 3 aromatic carbocycles. The van der Waals surface area contributed by atoms with Crippen molar-refractivity contribution in [3.05, 3.63) is 95.1 Å². The van der Waals surface area contributed by atoms with E-state index in [-0.39, 0.29) is 5.56 Å². The van der Waals surface area contributed by atoms with Crippen LogP contribution in [-0.2, 0) is 0 Å². The van der Waals surface area contributed by atoms with Crippen molar-refractivity contribution < 1.29 is 9.90 Å². The first-order valence-electron chi connectivity index (χ1n) is 9.49. The smallest absolute Gasteiger partial charge is 0.340 e. The van der Waals surface area contributed by atoms with E-state index in [4.69, 9.17) is 5.10 Å². The summed E-state index contributed by atoms with van der Waals surface area (Å²) in [7, 11) is 0. The number of benzene rings is 3. The van der Waals surface area contributed by atoms with Gasteiger partial charge in [-0.05, 0) is 49.2 Å². The Balaban J connectivity index is 2.07. The zero-order chi connectivity index (χ0) is 21.3. The summed E-state index contributed by atoms with van der Waals surface area (Å²) in [4.78, 5) is 12.4. The van der Waals surface area contributed by atoms with Crippen LogP contribution in [0.4, 0.5) is 0 Å². The van der Waals surface area contributed by atoms with E-state index >= 15 is 0 Å². The number of rotatable bonds is 4. The van der Waals surface area contributed by atoms with Crippen LogP contribution < -0.4 is 0 Å². The van der Waals surface area contributed by atoms with Crippen molar-refractivity contribution in [2.45, 2.75) is 13.8 Å². The fraction of sp³-hybridized carbons (Fsp3) is 0.0800. The van der Waals surface area contributed by atoms with Crippen LogP contribution in [0.1, 0.15) is 27.0 Å². The quantitative estimate of drug-likeness (QED) is 0.504. The van der Waals surface area contributed by atoms with Gasteiger partial charge >= 0.3 is 5.97 Å². The van der Waals surface area contributed by atoms with Crippen LogP contribution >= 0.6 is 0 Å². The molecular formula is C25H19N3O2. The second-order valence-corrected chi connectivity index (χ2v) is 7.12. The Morgan fingerprint density at radius 1 is 0.933 bits per heavy atom. The number of hydrogen-bond acceptors (Lipinski definition) is 3. The van der Waals surface area contributed by atoms with Crippen LogP contribution in [0.2, 0.25) is 0 Å². The zero-order valence-corrected chi connectivity index (χ0v) is 16.6. The van der Waals surface area contributed by atoms with Crippen molar-refractivity contribution in [1.82, 2.24) is 9.78 Å². The van der Waals surface area contributed by atoms with Crippen LogP contribution in [0.25, 0.3) is 28.2 Å². The molecule has 0 aliphatic carbocycles. The Morgan fingerprint density at radius 2 is 1.67 bits per heavy atom. The van der Waals surface area contributed by atoms with E-state index in [9.17, 15) is 15.2 Å². The number of aromatic nitrogens is 2. The fourth-order valence-electron chi connectivity index (χ4n) is 3.47. The highest BCUT2D eigenvalue weighted by Crippen LogP contribution is 2.35. The second-order valence-electron chi connectivity index (χ2n) is 7.12. The van der Waals surface area contributed by atoms with Crippen LogP contribution in [0, 0.1) is 25.2 Å². The normalized spacial score (nSPS) is 10.6. The van der Waals surface area contributed by atoms with Crippen LogP contribution in [0.5, 0.6) is 0 Å². The van der Waals surface area contributed by atoms with Crippen LogP contribution in [0.15, 0.2) is 72.8 Å². The summed E-state index contributed by atoms with van der Waals surface area (Å²) in [5.74, 6) is -1.07. The molecule has 30 heavy (non-hydrogen) atoms. The number of aromatic carboxylic acids is 1. The SMILES string of the molecule is Cc1ccc(-n2nc(-c3cccc(C#N)c3)c(C(=O)O)c2-c2ccccc2)cc1C. The predicted octanol–water partition coefficient (Wildman–Crippen LogP) is 5.39. The number of carboxylic acids is 1. The molecule has 0 amide bonds. The van der Waals surface area contributed by atoms with Gasteiger partial charge < -0.3 is 5.11 Å². The Morgan fingerprint density at radius 3 is 2.33 bits per heavy atom. The highest BCUT2D eigenvalue weighted by molar-refractivity contribution is 6.02. The topological polar surface area (TPSA) is 78.9 Å². The molecule has 5 nitrogen and oxygen atoms in total. The molecule has 0 bridgehead atoms. The molecule has 1 N–H and O–H groups in total. The summed E-state index contributed by atoms with van der Waals surface area (Å²) in [5.41, 5.74) is 5.75. The third-order valence-corrected chi connectivity index (χ3v) is 5.15. The number of carbonyl (C=O) groups is 1. The molecule has 0 radical (unpaired) electrons. The highest BCUT2D eigenvalue weighted by Gasteiger charge is 2.26. The van der Waals surface area contributed by atoms with E-state index in [1.165, 1.54) is 0 Å². The van der Waals surface area contributed by atoms with E-state index < -0.39 is 5.97 Å². The van der Waals surface area contributed by atoms with Gasteiger partial charge in [-0.1, -0.05) is 48.5 Å². The zero-order valence-electron chi connectivity index (χ0n) is 16.6. The average Bonchev–Trinajstić information content (AvgIpc) is 3.17. The van der Waals surface area contributed by atoms with Crippen LogP contribution in [0.3, 0.4) is 0 Å². The molecule has 0 spiro atoms. The summed E-state index contributed by atoms with van der Waals surface area (Å²) in [5, 5.41) is 24.1. The Hall–Kier alpha value is -4.17. The van der Waals surface area contributed by atoms with Crippen molar-refractivity contribution in [1.29, 1.82) is 5.26 Å². The van der Waals surface area contributed by atoms with E-state index in [2.05, 4.69) is 6.07 Å². The van der Waals surface area contributed by atoms with Crippen molar-refractivity contribution in [3.63, 3.8) is 0 Å². The van der Waals surface area contributed by atoms with Crippen molar-refractivity contribution in [2.24, 2.45) is 0 Å². The summed E-state index contributed by atoms with van der Waals surface area (Å²) in [6.07, 6.45) is 0. The lowest BCUT2D eigenvalue weighted by Gasteiger charge is -2.10. The minimum absolute atomic E-state index is 0.106. The number of nitrogens with zero attached hydrogens (tertiary/aromatic N) is 3. The predicted molar refractivity (Wildman–Crippen MR) is 116 cm³/mol. The first kappa shape index (κ1) is 19.2. The molecule has 0 fully saturated rings. The Labute approximate surface area is 174 Å². The maximum atomic E-state index is 12.4. The maximum absolute atomic E-state index is 12.4. The van der Waals surface area contributed by atoms with E-state index in [1.54, 1.807) is 28.9 Å². The number of nitriles is 1. The molecule has 0 saturated heterocycles. The van der Waals surface area contributed by atoms with E-state index in [0.29, 0.717) is 22.5 Å². The monoisotopic (exact) mass is 393 g/mol. The van der Waals surface area contributed by atoms with Crippen LogP contribution in [-0.4, -0.2) is 20.9 Å². The van der Waals surface area contributed by atoms with Gasteiger partial charge in [-0.15, -0.1) is 0 Å². The number of carboxylic acid groups (broad SMARTS) is 1. The molecule has 0 aliphatic rings. The van der Waals surface area contributed by atoms with Gasteiger partial charge in [0.05, 0.1) is 23.0 Å². The molecule has 146 valence electrons. The van der Waals surface area contributed by atoms with Gasteiger partial charge in [-0.25, -0.2) is 9.48 Å². The van der Waals surface area contributed by atoms with Gasteiger partial charge in [0.15, 0.2) is 0 Å². The largest absolute Gasteiger partial charge is 0.478 e. The summed E-state index contributed by atoms with van der Waals surface area (Å²) < 4.78 is 1.68. The van der Waals surface area contributed by atoms with Crippen molar-refractivity contribution >= 4 is 5.97 Å². The van der Waals surface area contributed by atoms with Crippen molar-refractivity contribution in [2.75, 3.05) is 0 Å². The molecule has 0 unspecified atom stereocenters.